The van der Waals surface area contributed by atoms with Crippen molar-refractivity contribution in [1.82, 2.24) is 10.2 Å². The summed E-state index contributed by atoms with van der Waals surface area (Å²) in [5.74, 6) is -0.448. The first-order valence-corrected chi connectivity index (χ1v) is 6.10. The number of aryl methyl sites for hydroxylation is 1. The first kappa shape index (κ1) is 13.7. The molecule has 0 bridgehead atoms. The molecular weight excluding hydrogens is 238 g/mol. The van der Waals surface area contributed by atoms with Crippen LogP contribution in [0, 0.1) is 6.92 Å². The first-order chi connectivity index (χ1) is 8.02. The summed E-state index contributed by atoms with van der Waals surface area (Å²) in [6, 6.07) is 4.02. The molecule has 17 heavy (non-hydrogen) atoms. The summed E-state index contributed by atoms with van der Waals surface area (Å²) in [5, 5.41) is 2.45. The van der Waals surface area contributed by atoms with E-state index in [4.69, 9.17) is 5.73 Å². The zero-order valence-electron chi connectivity index (χ0n) is 10.0. The van der Waals surface area contributed by atoms with E-state index in [1.54, 1.807) is 23.3 Å². The van der Waals surface area contributed by atoms with E-state index < -0.39 is 0 Å². The molecule has 1 aromatic rings. The second-order valence-corrected chi connectivity index (χ2v) is 5.12. The van der Waals surface area contributed by atoms with Crippen molar-refractivity contribution in [2.24, 2.45) is 5.73 Å². The highest BCUT2D eigenvalue weighted by Crippen LogP contribution is 2.16. The highest BCUT2D eigenvalue weighted by molar-refractivity contribution is 7.11. The molecule has 1 rings (SSSR count). The standard InChI is InChI=1S/C11H17N3O2S/c1-8-3-4-9(17-8)7-14(2)11(16)6-13-10(15)5-12/h3-4H,5-7,12H2,1-2H3,(H,13,15). The van der Waals surface area contributed by atoms with Crippen molar-refractivity contribution in [3.63, 3.8) is 0 Å². The second-order valence-electron chi connectivity index (χ2n) is 3.74. The number of carbonyl (C=O) groups excluding carboxylic acids is 2. The lowest BCUT2D eigenvalue weighted by Crippen LogP contribution is -2.39. The van der Waals surface area contributed by atoms with Crippen molar-refractivity contribution in [3.05, 3.63) is 21.9 Å². The third kappa shape index (κ3) is 4.54. The van der Waals surface area contributed by atoms with Crippen LogP contribution in [0.25, 0.3) is 0 Å². The molecular formula is C11H17N3O2S. The van der Waals surface area contributed by atoms with Gasteiger partial charge in [0.2, 0.25) is 11.8 Å². The highest BCUT2D eigenvalue weighted by atomic mass is 32.1. The number of nitrogens with two attached hydrogens (primary N) is 1. The van der Waals surface area contributed by atoms with Gasteiger partial charge in [-0.25, -0.2) is 0 Å². The van der Waals surface area contributed by atoms with E-state index in [1.807, 2.05) is 19.1 Å². The molecule has 0 saturated heterocycles. The molecule has 3 N–H and O–H groups in total. The van der Waals surface area contributed by atoms with E-state index in [0.717, 1.165) is 4.88 Å². The smallest absolute Gasteiger partial charge is 0.242 e. The Kier molecular flexibility index (Phi) is 5.11. The van der Waals surface area contributed by atoms with Gasteiger partial charge in [-0.15, -0.1) is 11.3 Å². The molecule has 0 aromatic carbocycles. The second kappa shape index (κ2) is 6.36. The molecule has 0 spiro atoms. The average Bonchev–Trinajstić information content (AvgIpc) is 2.70. The normalized spacial score (nSPS) is 10.1. The van der Waals surface area contributed by atoms with Crippen molar-refractivity contribution in [2.45, 2.75) is 13.5 Å². The quantitative estimate of drug-likeness (QED) is 0.783. The van der Waals surface area contributed by atoms with Gasteiger partial charge >= 0.3 is 0 Å². The number of hydrogen-bond donors (Lipinski definition) is 2. The first-order valence-electron chi connectivity index (χ1n) is 5.29. The summed E-state index contributed by atoms with van der Waals surface area (Å²) in [7, 11) is 1.71. The monoisotopic (exact) mass is 255 g/mol. The van der Waals surface area contributed by atoms with Gasteiger partial charge in [0.15, 0.2) is 0 Å². The minimum absolute atomic E-state index is 0.00308. The zero-order chi connectivity index (χ0) is 12.8. The third-order valence-corrected chi connectivity index (χ3v) is 3.22. The number of likely N-dealkylation sites (N-methyl/N-ethyl adjacent to an activating group) is 1. The average molecular weight is 255 g/mol. The third-order valence-electron chi connectivity index (χ3n) is 2.24. The molecule has 1 heterocycles. The molecule has 0 aliphatic rings. The largest absolute Gasteiger partial charge is 0.346 e. The molecule has 2 amide bonds. The number of thiophene rings is 1. The van der Waals surface area contributed by atoms with E-state index in [2.05, 4.69) is 5.32 Å². The molecule has 0 atom stereocenters. The zero-order valence-corrected chi connectivity index (χ0v) is 10.8. The van der Waals surface area contributed by atoms with Crippen molar-refractivity contribution in [2.75, 3.05) is 20.1 Å². The maximum Gasteiger partial charge on any atom is 0.242 e. The van der Waals surface area contributed by atoms with E-state index in [0.29, 0.717) is 6.54 Å². The van der Waals surface area contributed by atoms with Crippen LogP contribution in [0.5, 0.6) is 0 Å². The van der Waals surface area contributed by atoms with Crippen LogP contribution in [0.3, 0.4) is 0 Å². The summed E-state index contributed by atoms with van der Waals surface area (Å²) in [6.07, 6.45) is 0. The molecule has 6 heteroatoms. The number of hydrogen-bond acceptors (Lipinski definition) is 4. The Balaban J connectivity index is 2.39. The van der Waals surface area contributed by atoms with Crippen LogP contribution in [-0.2, 0) is 16.1 Å². The number of nitrogens with one attached hydrogen (secondary N) is 1. The van der Waals surface area contributed by atoms with Gasteiger partial charge in [0.1, 0.15) is 0 Å². The Bertz CT molecular complexity index is 403. The van der Waals surface area contributed by atoms with E-state index in [9.17, 15) is 9.59 Å². The lowest BCUT2D eigenvalue weighted by molar-refractivity contribution is -0.131. The van der Waals surface area contributed by atoms with Crippen LogP contribution >= 0.6 is 11.3 Å². The van der Waals surface area contributed by atoms with Gasteiger partial charge in [-0.3, -0.25) is 9.59 Å². The van der Waals surface area contributed by atoms with E-state index in [-0.39, 0.29) is 24.9 Å². The fourth-order valence-corrected chi connectivity index (χ4v) is 2.22. The topological polar surface area (TPSA) is 75.4 Å². The van der Waals surface area contributed by atoms with E-state index in [1.165, 1.54) is 4.88 Å². The van der Waals surface area contributed by atoms with Gasteiger partial charge in [0.25, 0.3) is 0 Å². The van der Waals surface area contributed by atoms with Gasteiger partial charge in [0.05, 0.1) is 19.6 Å². The molecule has 0 aliphatic carbocycles. The van der Waals surface area contributed by atoms with Crippen molar-refractivity contribution in [3.8, 4) is 0 Å². The summed E-state index contributed by atoms with van der Waals surface area (Å²) < 4.78 is 0. The summed E-state index contributed by atoms with van der Waals surface area (Å²) in [5.41, 5.74) is 5.13. The van der Waals surface area contributed by atoms with Gasteiger partial charge in [-0.05, 0) is 19.1 Å². The number of rotatable bonds is 5. The van der Waals surface area contributed by atoms with Crippen molar-refractivity contribution >= 4 is 23.2 Å². The van der Waals surface area contributed by atoms with Crippen molar-refractivity contribution < 1.29 is 9.59 Å². The Morgan fingerprint density at radius 3 is 2.71 bits per heavy atom. The Hall–Kier alpha value is -1.40. The van der Waals surface area contributed by atoms with Crippen LogP contribution in [-0.4, -0.2) is 36.9 Å². The SMILES string of the molecule is Cc1ccc(CN(C)C(=O)CNC(=O)CN)s1. The van der Waals surface area contributed by atoms with Crippen LogP contribution in [0.15, 0.2) is 12.1 Å². The summed E-state index contributed by atoms with van der Waals surface area (Å²) in [4.78, 5) is 26.5. The van der Waals surface area contributed by atoms with Crippen LogP contribution in [0.1, 0.15) is 9.75 Å². The van der Waals surface area contributed by atoms with E-state index >= 15 is 0 Å². The number of amides is 2. The Morgan fingerprint density at radius 1 is 1.47 bits per heavy atom. The summed E-state index contributed by atoms with van der Waals surface area (Å²) >= 11 is 1.66. The predicted molar refractivity (Wildman–Crippen MR) is 67.6 cm³/mol. The molecule has 0 unspecified atom stereocenters. The maximum absolute atomic E-state index is 11.6. The lowest BCUT2D eigenvalue weighted by Gasteiger charge is -2.16. The molecule has 0 saturated carbocycles. The maximum atomic E-state index is 11.6. The fourth-order valence-electron chi connectivity index (χ4n) is 1.27. The number of carbonyl (C=O) groups is 2. The van der Waals surface area contributed by atoms with Gasteiger partial charge in [0, 0.05) is 16.8 Å². The summed E-state index contributed by atoms with van der Waals surface area (Å²) in [6.45, 7) is 2.49. The fraction of sp³-hybridized carbons (Fsp3) is 0.455. The highest BCUT2D eigenvalue weighted by Gasteiger charge is 2.10. The lowest BCUT2D eigenvalue weighted by atomic mass is 10.4. The number of nitrogens with zero attached hydrogens (tertiary/aromatic N) is 1. The van der Waals surface area contributed by atoms with Crippen LogP contribution < -0.4 is 11.1 Å². The molecule has 5 nitrogen and oxygen atoms in total. The van der Waals surface area contributed by atoms with Gasteiger partial charge < -0.3 is 16.0 Å². The van der Waals surface area contributed by atoms with Crippen LogP contribution in [0.2, 0.25) is 0 Å². The van der Waals surface area contributed by atoms with Crippen LogP contribution in [0.4, 0.5) is 0 Å². The molecule has 0 aliphatic heterocycles. The Labute approximate surface area is 105 Å². The van der Waals surface area contributed by atoms with Gasteiger partial charge in [-0.2, -0.15) is 0 Å². The minimum atomic E-state index is -0.321. The Morgan fingerprint density at radius 2 is 2.18 bits per heavy atom. The van der Waals surface area contributed by atoms with Crippen molar-refractivity contribution in [1.29, 1.82) is 0 Å². The van der Waals surface area contributed by atoms with Gasteiger partial charge in [-0.1, -0.05) is 0 Å². The molecule has 1 aromatic heterocycles. The molecule has 94 valence electrons. The molecule has 0 fully saturated rings. The molecule has 0 radical (unpaired) electrons. The minimum Gasteiger partial charge on any atom is -0.346 e. The predicted octanol–water partition coefficient (Wildman–Crippen LogP) is 0.0898.